The van der Waals surface area contributed by atoms with Crippen LogP contribution in [0.4, 0.5) is 4.39 Å². The molecule has 0 saturated heterocycles. The maximum atomic E-state index is 13.9. The molecule has 1 saturated carbocycles. The number of thiophene rings is 1. The van der Waals surface area contributed by atoms with E-state index in [1.54, 1.807) is 11.3 Å². The Balaban J connectivity index is 1.49. The summed E-state index contributed by atoms with van der Waals surface area (Å²) in [4.78, 5) is 15.5. The maximum Gasteiger partial charge on any atom is 0.252 e. The number of aryl methyl sites for hydroxylation is 2. The van der Waals surface area contributed by atoms with Gasteiger partial charge in [-0.2, -0.15) is 0 Å². The molecule has 184 valence electrons. The van der Waals surface area contributed by atoms with Gasteiger partial charge < -0.3 is 15.2 Å². The number of aliphatic hydroxyl groups excluding tert-OH is 1. The summed E-state index contributed by atoms with van der Waals surface area (Å²) >= 11 is 1.65. The lowest BCUT2D eigenvalue weighted by atomic mass is 9.85. The number of hydrogen-bond donors (Lipinski definition) is 2. The SMILES string of the molecule is C=C(O)C1CCC(NC(=O)c2c(C)sc(C)c2Cc2ccc(-c3cc(F)cc(OC)c3)cc2)CC1. The highest BCUT2D eigenvalue weighted by Gasteiger charge is 2.26. The molecule has 1 aromatic heterocycles. The number of rotatable bonds is 7. The molecule has 0 aliphatic heterocycles. The second kappa shape index (κ2) is 10.6. The highest BCUT2D eigenvalue weighted by atomic mass is 32.1. The summed E-state index contributed by atoms with van der Waals surface area (Å²) in [7, 11) is 1.53. The molecule has 2 N–H and O–H groups in total. The highest BCUT2D eigenvalue weighted by Crippen LogP contribution is 2.32. The number of carbonyl (C=O) groups is 1. The molecule has 35 heavy (non-hydrogen) atoms. The maximum absolute atomic E-state index is 13.9. The number of hydrogen-bond acceptors (Lipinski definition) is 4. The summed E-state index contributed by atoms with van der Waals surface area (Å²) in [5, 5.41) is 12.9. The molecular weight excluding hydrogens is 461 g/mol. The van der Waals surface area contributed by atoms with Gasteiger partial charge in [0.15, 0.2) is 0 Å². The first-order valence-electron chi connectivity index (χ1n) is 12.0. The van der Waals surface area contributed by atoms with E-state index in [1.807, 2.05) is 37.3 Å². The standard InChI is InChI=1S/C29H32FNO3S/c1-17(32)21-9-11-25(12-10-21)31-29(33)28-19(3)35-18(2)27(28)13-20-5-7-22(8-6-20)23-14-24(30)16-26(15-23)34-4/h5-8,14-16,21,25,32H,1,9-13H2,2-4H3,(H,31,33). The van der Waals surface area contributed by atoms with E-state index in [1.165, 1.54) is 19.2 Å². The van der Waals surface area contributed by atoms with E-state index in [2.05, 4.69) is 18.8 Å². The molecule has 4 rings (SSSR count). The minimum atomic E-state index is -0.335. The van der Waals surface area contributed by atoms with E-state index in [-0.39, 0.29) is 29.4 Å². The van der Waals surface area contributed by atoms with Crippen molar-refractivity contribution in [1.82, 2.24) is 5.32 Å². The number of nitrogens with one attached hydrogen (secondary N) is 1. The molecule has 3 aromatic rings. The number of methoxy groups -OCH3 is 1. The van der Waals surface area contributed by atoms with E-state index in [9.17, 15) is 14.3 Å². The quantitative estimate of drug-likeness (QED) is 0.344. The second-order valence-electron chi connectivity index (χ2n) is 9.33. The Morgan fingerprint density at radius 3 is 2.40 bits per heavy atom. The number of ether oxygens (including phenoxy) is 1. The Morgan fingerprint density at radius 2 is 1.77 bits per heavy atom. The van der Waals surface area contributed by atoms with Crippen LogP contribution in [0.2, 0.25) is 0 Å². The van der Waals surface area contributed by atoms with Gasteiger partial charge >= 0.3 is 0 Å². The Morgan fingerprint density at radius 1 is 1.09 bits per heavy atom. The molecule has 1 aliphatic rings. The third-order valence-electron chi connectivity index (χ3n) is 6.92. The van der Waals surface area contributed by atoms with Crippen LogP contribution in [0.5, 0.6) is 5.75 Å². The first kappa shape index (κ1) is 25.0. The summed E-state index contributed by atoms with van der Waals surface area (Å²) in [5.41, 5.74) is 4.59. The molecule has 1 aliphatic carbocycles. The third-order valence-corrected chi connectivity index (χ3v) is 7.98. The first-order chi connectivity index (χ1) is 16.7. The van der Waals surface area contributed by atoms with Crippen LogP contribution < -0.4 is 10.1 Å². The number of allylic oxidation sites excluding steroid dienone is 1. The fraction of sp³-hybridized carbons (Fsp3) is 0.345. The minimum Gasteiger partial charge on any atom is -0.513 e. The summed E-state index contributed by atoms with van der Waals surface area (Å²) < 4.78 is 19.1. The van der Waals surface area contributed by atoms with Crippen molar-refractivity contribution < 1.29 is 19.0 Å². The molecule has 0 unspecified atom stereocenters. The second-order valence-corrected chi connectivity index (χ2v) is 10.8. The van der Waals surface area contributed by atoms with Gasteiger partial charge in [0.2, 0.25) is 0 Å². The zero-order valence-electron chi connectivity index (χ0n) is 20.5. The molecule has 6 heteroatoms. The van der Waals surface area contributed by atoms with E-state index >= 15 is 0 Å². The smallest absolute Gasteiger partial charge is 0.252 e. The number of benzene rings is 2. The predicted octanol–water partition coefficient (Wildman–Crippen LogP) is 7.13. The number of halogens is 1. The molecule has 2 aromatic carbocycles. The van der Waals surface area contributed by atoms with Gasteiger partial charge in [0.1, 0.15) is 11.6 Å². The van der Waals surface area contributed by atoms with E-state index in [4.69, 9.17) is 4.74 Å². The van der Waals surface area contributed by atoms with E-state index in [0.29, 0.717) is 12.2 Å². The number of aliphatic hydroxyl groups is 1. The summed E-state index contributed by atoms with van der Waals surface area (Å²) in [5.74, 6) is 0.526. The van der Waals surface area contributed by atoms with Crippen molar-refractivity contribution in [2.24, 2.45) is 5.92 Å². The molecular formula is C29H32FNO3S. The molecule has 0 spiro atoms. The van der Waals surface area contributed by atoms with Gasteiger partial charge in [-0.05, 0) is 80.3 Å². The first-order valence-corrected chi connectivity index (χ1v) is 12.8. The van der Waals surface area contributed by atoms with Crippen molar-refractivity contribution in [2.45, 2.75) is 52.0 Å². The van der Waals surface area contributed by atoms with Crippen LogP contribution in [0, 0.1) is 25.6 Å². The van der Waals surface area contributed by atoms with E-state index in [0.717, 1.165) is 63.3 Å². The van der Waals surface area contributed by atoms with Crippen LogP contribution in [-0.2, 0) is 6.42 Å². The summed E-state index contributed by atoms with van der Waals surface area (Å²) in [6, 6.07) is 12.8. The fourth-order valence-electron chi connectivity index (χ4n) is 4.94. The largest absolute Gasteiger partial charge is 0.513 e. The van der Waals surface area contributed by atoms with Crippen molar-refractivity contribution in [3.05, 3.63) is 87.1 Å². The van der Waals surface area contributed by atoms with Crippen LogP contribution in [0.25, 0.3) is 11.1 Å². The normalized spacial score (nSPS) is 17.7. The Labute approximate surface area is 210 Å². The molecule has 4 nitrogen and oxygen atoms in total. The number of amides is 1. The van der Waals surface area contributed by atoms with Crippen molar-refractivity contribution >= 4 is 17.2 Å². The van der Waals surface area contributed by atoms with Crippen molar-refractivity contribution in [3.8, 4) is 16.9 Å². The predicted molar refractivity (Wildman–Crippen MR) is 140 cm³/mol. The van der Waals surface area contributed by atoms with Gasteiger partial charge in [0.05, 0.1) is 18.4 Å². The van der Waals surface area contributed by atoms with Crippen LogP contribution in [0.3, 0.4) is 0 Å². The molecule has 1 amide bonds. The zero-order valence-corrected chi connectivity index (χ0v) is 21.3. The van der Waals surface area contributed by atoms with Crippen molar-refractivity contribution in [1.29, 1.82) is 0 Å². The average Bonchev–Trinajstić information content (AvgIpc) is 3.11. The highest BCUT2D eigenvalue weighted by molar-refractivity contribution is 7.12. The lowest BCUT2D eigenvalue weighted by molar-refractivity contribution is 0.0920. The third kappa shape index (κ3) is 5.76. The van der Waals surface area contributed by atoms with E-state index < -0.39 is 0 Å². The lowest BCUT2D eigenvalue weighted by Crippen LogP contribution is -2.38. The van der Waals surface area contributed by atoms with Crippen LogP contribution >= 0.6 is 11.3 Å². The monoisotopic (exact) mass is 493 g/mol. The van der Waals surface area contributed by atoms with Gasteiger partial charge in [-0.25, -0.2) is 4.39 Å². The van der Waals surface area contributed by atoms with Gasteiger partial charge in [-0.15, -0.1) is 11.3 Å². The minimum absolute atomic E-state index is 0.0170. The van der Waals surface area contributed by atoms with Gasteiger partial charge in [0, 0.05) is 27.8 Å². The van der Waals surface area contributed by atoms with Crippen molar-refractivity contribution in [3.63, 3.8) is 0 Å². The zero-order chi connectivity index (χ0) is 25.1. The van der Waals surface area contributed by atoms with Gasteiger partial charge in [0.25, 0.3) is 5.91 Å². The Kier molecular flexibility index (Phi) is 7.60. The average molecular weight is 494 g/mol. The van der Waals surface area contributed by atoms with Crippen LogP contribution in [0.1, 0.15) is 56.9 Å². The van der Waals surface area contributed by atoms with Crippen molar-refractivity contribution in [2.75, 3.05) is 7.11 Å². The molecule has 1 heterocycles. The fourth-order valence-corrected chi connectivity index (χ4v) is 6.01. The molecule has 1 fully saturated rings. The summed E-state index contributed by atoms with van der Waals surface area (Å²) in [6.07, 6.45) is 4.04. The summed E-state index contributed by atoms with van der Waals surface area (Å²) in [6.45, 7) is 7.73. The molecule has 0 atom stereocenters. The Hall–Kier alpha value is -3.12. The number of carbonyl (C=O) groups excluding carboxylic acids is 1. The van der Waals surface area contributed by atoms with Crippen LogP contribution in [-0.4, -0.2) is 24.2 Å². The van der Waals surface area contributed by atoms with Crippen LogP contribution in [0.15, 0.2) is 54.8 Å². The topological polar surface area (TPSA) is 58.6 Å². The Bertz CT molecular complexity index is 1220. The lowest BCUT2D eigenvalue weighted by Gasteiger charge is -2.28. The molecule has 0 bridgehead atoms. The van der Waals surface area contributed by atoms with Gasteiger partial charge in [-0.1, -0.05) is 30.8 Å². The molecule has 0 radical (unpaired) electrons. The van der Waals surface area contributed by atoms with Gasteiger partial charge in [-0.3, -0.25) is 4.79 Å².